The molecule has 1 heterocycles. The van der Waals surface area contributed by atoms with Gasteiger partial charge in [0.25, 0.3) is 0 Å². The molecule has 1 atom stereocenters. The number of carbonyl (C=O) groups excluding carboxylic acids is 1. The van der Waals surface area contributed by atoms with Crippen molar-refractivity contribution in [3.05, 3.63) is 65.4 Å². The van der Waals surface area contributed by atoms with Crippen LogP contribution in [0.5, 0.6) is 5.75 Å². The molecular weight excluding hydrogens is 326 g/mol. The van der Waals surface area contributed by atoms with E-state index in [1.807, 2.05) is 44.2 Å². The first kappa shape index (κ1) is 18.1. The average Bonchev–Trinajstić information content (AvgIpc) is 2.93. The van der Waals surface area contributed by atoms with Crippen molar-refractivity contribution in [2.75, 3.05) is 13.7 Å². The van der Waals surface area contributed by atoms with Gasteiger partial charge in [0, 0.05) is 23.1 Å². The predicted octanol–water partition coefficient (Wildman–Crippen LogP) is 4.67. The Morgan fingerprint density at radius 3 is 2.54 bits per heavy atom. The third-order valence-corrected chi connectivity index (χ3v) is 4.84. The number of ether oxygens (including phenoxy) is 2. The highest BCUT2D eigenvalue weighted by Gasteiger charge is 2.25. The standard InChI is InChI=1S/C22H25NO3/c1-5-26-22(24)15(2)21-16(3)23(14-17-9-7-6-8-10-17)20-12-11-18(25-4)13-19(20)21/h6-13,15H,5,14H2,1-4H3. The Morgan fingerprint density at radius 2 is 1.88 bits per heavy atom. The summed E-state index contributed by atoms with van der Waals surface area (Å²) in [6.07, 6.45) is 0. The maximum Gasteiger partial charge on any atom is 0.313 e. The smallest absolute Gasteiger partial charge is 0.313 e. The SMILES string of the molecule is CCOC(=O)C(C)c1c(C)n(Cc2ccccc2)c2ccc(OC)cc12. The summed E-state index contributed by atoms with van der Waals surface area (Å²) in [4.78, 5) is 12.4. The van der Waals surface area contributed by atoms with E-state index in [2.05, 4.69) is 29.7 Å². The van der Waals surface area contributed by atoms with Crippen LogP contribution in [0.4, 0.5) is 0 Å². The number of hydrogen-bond donors (Lipinski definition) is 0. The molecule has 0 fully saturated rings. The average molecular weight is 351 g/mol. The Hall–Kier alpha value is -2.75. The Morgan fingerprint density at radius 1 is 1.15 bits per heavy atom. The molecule has 1 unspecified atom stereocenters. The summed E-state index contributed by atoms with van der Waals surface area (Å²) >= 11 is 0. The third kappa shape index (κ3) is 3.32. The second kappa shape index (κ2) is 7.65. The van der Waals surface area contributed by atoms with Crippen molar-refractivity contribution >= 4 is 16.9 Å². The molecular formula is C22H25NO3. The van der Waals surface area contributed by atoms with Crippen LogP contribution in [0.3, 0.4) is 0 Å². The summed E-state index contributed by atoms with van der Waals surface area (Å²) in [6, 6.07) is 16.4. The van der Waals surface area contributed by atoms with E-state index < -0.39 is 0 Å². The number of fused-ring (bicyclic) bond motifs is 1. The monoisotopic (exact) mass is 351 g/mol. The van der Waals surface area contributed by atoms with Gasteiger partial charge in [-0.15, -0.1) is 0 Å². The summed E-state index contributed by atoms with van der Waals surface area (Å²) in [5, 5.41) is 1.04. The van der Waals surface area contributed by atoms with Gasteiger partial charge in [0.1, 0.15) is 5.75 Å². The minimum atomic E-state index is -0.332. The summed E-state index contributed by atoms with van der Waals surface area (Å²) in [6.45, 7) is 6.95. The first-order chi connectivity index (χ1) is 12.6. The zero-order valence-electron chi connectivity index (χ0n) is 15.8. The summed E-state index contributed by atoms with van der Waals surface area (Å²) < 4.78 is 12.9. The Labute approximate surface area is 154 Å². The number of carbonyl (C=O) groups is 1. The van der Waals surface area contributed by atoms with Crippen LogP contribution in [0.15, 0.2) is 48.5 Å². The van der Waals surface area contributed by atoms with Crippen LogP contribution < -0.4 is 4.74 Å². The predicted molar refractivity (Wildman–Crippen MR) is 104 cm³/mol. The molecule has 3 aromatic rings. The lowest BCUT2D eigenvalue weighted by Crippen LogP contribution is -2.14. The number of methoxy groups -OCH3 is 1. The summed E-state index contributed by atoms with van der Waals surface area (Å²) in [5.41, 5.74) is 4.41. The second-order valence-electron chi connectivity index (χ2n) is 6.43. The maximum atomic E-state index is 12.4. The highest BCUT2D eigenvalue weighted by molar-refractivity contribution is 5.92. The molecule has 0 N–H and O–H groups in total. The maximum absolute atomic E-state index is 12.4. The summed E-state index contributed by atoms with van der Waals surface area (Å²) in [7, 11) is 1.66. The van der Waals surface area contributed by atoms with Crippen LogP contribution in [0.1, 0.15) is 36.6 Å². The molecule has 1 aromatic heterocycles. The Balaban J connectivity index is 2.16. The van der Waals surface area contributed by atoms with E-state index in [-0.39, 0.29) is 11.9 Å². The largest absolute Gasteiger partial charge is 0.497 e. The van der Waals surface area contributed by atoms with Gasteiger partial charge < -0.3 is 14.0 Å². The first-order valence-corrected chi connectivity index (χ1v) is 8.94. The van der Waals surface area contributed by atoms with Crippen LogP contribution in [-0.4, -0.2) is 24.3 Å². The van der Waals surface area contributed by atoms with Crippen LogP contribution in [0.25, 0.3) is 10.9 Å². The van der Waals surface area contributed by atoms with Gasteiger partial charge in [0.2, 0.25) is 0 Å². The van der Waals surface area contributed by atoms with Crippen LogP contribution in [-0.2, 0) is 16.1 Å². The highest BCUT2D eigenvalue weighted by atomic mass is 16.5. The molecule has 136 valence electrons. The number of esters is 1. The number of rotatable bonds is 6. The second-order valence-corrected chi connectivity index (χ2v) is 6.43. The minimum Gasteiger partial charge on any atom is -0.497 e. The lowest BCUT2D eigenvalue weighted by atomic mass is 9.98. The molecule has 0 aliphatic heterocycles. The molecule has 0 radical (unpaired) electrons. The van der Waals surface area contributed by atoms with E-state index in [4.69, 9.17) is 9.47 Å². The van der Waals surface area contributed by atoms with E-state index in [0.717, 1.165) is 34.5 Å². The van der Waals surface area contributed by atoms with E-state index in [9.17, 15) is 4.79 Å². The molecule has 26 heavy (non-hydrogen) atoms. The van der Waals surface area contributed by atoms with Gasteiger partial charge >= 0.3 is 5.97 Å². The van der Waals surface area contributed by atoms with Gasteiger partial charge in [-0.25, -0.2) is 0 Å². The molecule has 2 aromatic carbocycles. The van der Waals surface area contributed by atoms with E-state index in [1.54, 1.807) is 7.11 Å². The number of nitrogens with zero attached hydrogens (tertiary/aromatic N) is 1. The van der Waals surface area contributed by atoms with Crippen molar-refractivity contribution in [1.82, 2.24) is 4.57 Å². The Kier molecular flexibility index (Phi) is 5.31. The molecule has 0 saturated carbocycles. The van der Waals surface area contributed by atoms with Crippen LogP contribution >= 0.6 is 0 Å². The van der Waals surface area contributed by atoms with Crippen molar-refractivity contribution in [1.29, 1.82) is 0 Å². The van der Waals surface area contributed by atoms with Crippen LogP contribution in [0.2, 0.25) is 0 Å². The van der Waals surface area contributed by atoms with Crippen molar-refractivity contribution < 1.29 is 14.3 Å². The molecule has 4 heteroatoms. The fraction of sp³-hybridized carbons (Fsp3) is 0.318. The number of benzene rings is 2. The molecule has 0 aliphatic carbocycles. The first-order valence-electron chi connectivity index (χ1n) is 8.94. The van der Waals surface area contributed by atoms with Crippen molar-refractivity contribution in [2.45, 2.75) is 33.2 Å². The minimum absolute atomic E-state index is 0.197. The van der Waals surface area contributed by atoms with Gasteiger partial charge in [-0.1, -0.05) is 30.3 Å². The molecule has 0 aliphatic rings. The topological polar surface area (TPSA) is 40.5 Å². The number of aromatic nitrogens is 1. The van der Waals surface area contributed by atoms with E-state index >= 15 is 0 Å². The Bertz CT molecular complexity index is 912. The van der Waals surface area contributed by atoms with Gasteiger partial charge in [-0.3, -0.25) is 4.79 Å². The zero-order chi connectivity index (χ0) is 18.7. The van der Waals surface area contributed by atoms with E-state index in [1.165, 1.54) is 5.56 Å². The van der Waals surface area contributed by atoms with Crippen molar-refractivity contribution in [3.63, 3.8) is 0 Å². The number of hydrogen-bond acceptors (Lipinski definition) is 3. The fourth-order valence-electron chi connectivity index (χ4n) is 3.52. The fourth-order valence-corrected chi connectivity index (χ4v) is 3.52. The molecule has 0 amide bonds. The molecule has 4 nitrogen and oxygen atoms in total. The van der Waals surface area contributed by atoms with Gasteiger partial charge in [-0.2, -0.15) is 0 Å². The lowest BCUT2D eigenvalue weighted by Gasteiger charge is -2.13. The molecule has 0 bridgehead atoms. The molecule has 0 spiro atoms. The van der Waals surface area contributed by atoms with E-state index in [0.29, 0.717) is 6.61 Å². The molecule has 3 rings (SSSR count). The van der Waals surface area contributed by atoms with Crippen LogP contribution in [0, 0.1) is 6.92 Å². The van der Waals surface area contributed by atoms with Gasteiger partial charge in [-0.05, 0) is 50.1 Å². The zero-order valence-corrected chi connectivity index (χ0v) is 15.8. The van der Waals surface area contributed by atoms with Crippen molar-refractivity contribution in [3.8, 4) is 5.75 Å². The van der Waals surface area contributed by atoms with Gasteiger partial charge in [0.15, 0.2) is 0 Å². The summed E-state index contributed by atoms with van der Waals surface area (Å²) in [5.74, 6) is 0.255. The lowest BCUT2D eigenvalue weighted by molar-refractivity contribution is -0.144. The molecule has 0 saturated heterocycles. The van der Waals surface area contributed by atoms with Gasteiger partial charge in [0.05, 0.1) is 19.6 Å². The van der Waals surface area contributed by atoms with Crippen molar-refractivity contribution in [2.24, 2.45) is 0 Å². The normalized spacial score (nSPS) is 12.2. The highest BCUT2D eigenvalue weighted by Crippen LogP contribution is 2.35. The quantitative estimate of drug-likeness (QED) is 0.606. The third-order valence-electron chi connectivity index (χ3n) is 4.84.